The van der Waals surface area contributed by atoms with E-state index in [1.165, 1.54) is 5.56 Å². The largest absolute Gasteiger partial charge is 0.355 e. The van der Waals surface area contributed by atoms with Crippen LogP contribution in [0.15, 0.2) is 28.8 Å². The zero-order valence-corrected chi connectivity index (χ0v) is 16.6. The molecule has 1 aromatic carbocycles. The number of aryl methyl sites for hydroxylation is 1. The molecule has 0 unspecified atom stereocenters. The highest BCUT2D eigenvalue weighted by molar-refractivity contribution is 5.76. The van der Waals surface area contributed by atoms with Crippen LogP contribution in [0.2, 0.25) is 0 Å². The maximum atomic E-state index is 12.4. The van der Waals surface area contributed by atoms with Crippen LogP contribution in [0.3, 0.4) is 0 Å². The number of alkyl halides is 2. The van der Waals surface area contributed by atoms with Crippen LogP contribution in [0.1, 0.15) is 44.6 Å². The van der Waals surface area contributed by atoms with Gasteiger partial charge in [-0.2, -0.15) is 4.98 Å². The summed E-state index contributed by atoms with van der Waals surface area (Å²) in [5.74, 6) is 1.17. The molecule has 1 aromatic heterocycles. The van der Waals surface area contributed by atoms with Crippen LogP contribution in [0, 0.1) is 0 Å². The van der Waals surface area contributed by atoms with Gasteiger partial charge in [0.05, 0.1) is 6.54 Å². The Labute approximate surface area is 164 Å². The first kappa shape index (κ1) is 21.9. The molecule has 0 saturated heterocycles. The van der Waals surface area contributed by atoms with Gasteiger partial charge in [-0.05, 0) is 18.0 Å². The smallest absolute Gasteiger partial charge is 0.251 e. The molecule has 2 rings (SSSR count). The van der Waals surface area contributed by atoms with Crippen molar-refractivity contribution in [2.24, 2.45) is 0 Å². The summed E-state index contributed by atoms with van der Waals surface area (Å²) >= 11 is 0. The number of hydrogen-bond acceptors (Lipinski definition) is 5. The first-order valence-corrected chi connectivity index (χ1v) is 9.59. The summed E-state index contributed by atoms with van der Waals surface area (Å²) in [6.07, 6.45) is -1.84. The van der Waals surface area contributed by atoms with Crippen molar-refractivity contribution in [1.29, 1.82) is 0 Å². The predicted molar refractivity (Wildman–Crippen MR) is 103 cm³/mol. The number of rotatable bonds is 11. The fraction of sp³-hybridized carbons (Fsp3) is 0.550. The molecule has 0 aliphatic carbocycles. The molecule has 0 spiro atoms. The minimum atomic E-state index is -2.37. The van der Waals surface area contributed by atoms with Gasteiger partial charge < -0.3 is 9.84 Å². The second-order valence-corrected chi connectivity index (χ2v) is 6.92. The van der Waals surface area contributed by atoms with E-state index in [4.69, 9.17) is 4.52 Å². The van der Waals surface area contributed by atoms with Crippen molar-refractivity contribution >= 4 is 5.91 Å². The molecule has 1 amide bonds. The molecular formula is C20H28F2N4O2. The van der Waals surface area contributed by atoms with Gasteiger partial charge in [0.15, 0.2) is 0 Å². The third kappa shape index (κ3) is 6.99. The number of amides is 1. The first-order chi connectivity index (χ1) is 13.4. The number of nitrogens with zero attached hydrogens (tertiary/aromatic N) is 3. The molecule has 28 heavy (non-hydrogen) atoms. The monoisotopic (exact) mass is 394 g/mol. The van der Waals surface area contributed by atoms with E-state index < -0.39 is 6.43 Å². The maximum absolute atomic E-state index is 12.4. The number of carbonyl (C=O) groups excluding carboxylic acids is 1. The number of hydrogen-bond donors (Lipinski definition) is 1. The Hall–Kier alpha value is -2.35. The molecule has 8 heteroatoms. The summed E-state index contributed by atoms with van der Waals surface area (Å²) in [6.45, 7) is 7.03. The highest BCUT2D eigenvalue weighted by Gasteiger charge is 2.13. The van der Waals surface area contributed by atoms with Crippen molar-refractivity contribution in [3.05, 3.63) is 35.7 Å². The molecule has 0 fully saturated rings. The average Bonchev–Trinajstić information content (AvgIpc) is 3.14. The van der Waals surface area contributed by atoms with Crippen molar-refractivity contribution in [1.82, 2.24) is 20.4 Å². The van der Waals surface area contributed by atoms with Crippen molar-refractivity contribution in [2.45, 2.75) is 46.0 Å². The van der Waals surface area contributed by atoms with Crippen LogP contribution in [0.25, 0.3) is 11.4 Å². The second-order valence-electron chi connectivity index (χ2n) is 6.92. The lowest BCUT2D eigenvalue weighted by Gasteiger charge is -2.19. The molecule has 1 heterocycles. The molecule has 0 saturated carbocycles. The number of nitrogens with one attached hydrogen (secondary N) is 1. The Kier molecular flexibility index (Phi) is 8.50. The van der Waals surface area contributed by atoms with Gasteiger partial charge in [-0.15, -0.1) is 0 Å². The normalized spacial score (nSPS) is 11.6. The number of benzene rings is 1. The van der Waals surface area contributed by atoms with E-state index in [9.17, 15) is 13.6 Å². The molecular weight excluding hydrogens is 366 g/mol. The highest BCUT2D eigenvalue weighted by Crippen LogP contribution is 2.20. The molecule has 0 bridgehead atoms. The average molecular weight is 394 g/mol. The van der Waals surface area contributed by atoms with Crippen LogP contribution in [-0.4, -0.2) is 53.6 Å². The Bertz CT molecular complexity index is 732. The van der Waals surface area contributed by atoms with Crippen molar-refractivity contribution in [3.8, 4) is 11.4 Å². The van der Waals surface area contributed by atoms with Gasteiger partial charge in [-0.25, -0.2) is 8.78 Å². The molecule has 6 nitrogen and oxygen atoms in total. The van der Waals surface area contributed by atoms with Gasteiger partial charge in [-0.3, -0.25) is 9.69 Å². The summed E-state index contributed by atoms with van der Waals surface area (Å²) in [4.78, 5) is 17.8. The van der Waals surface area contributed by atoms with Crippen LogP contribution < -0.4 is 5.32 Å². The van der Waals surface area contributed by atoms with Crippen molar-refractivity contribution in [2.75, 3.05) is 26.2 Å². The maximum Gasteiger partial charge on any atom is 0.251 e. The summed E-state index contributed by atoms with van der Waals surface area (Å²) < 4.78 is 30.0. The van der Waals surface area contributed by atoms with Crippen LogP contribution in [-0.2, 0) is 11.2 Å². The van der Waals surface area contributed by atoms with Gasteiger partial charge in [0.1, 0.15) is 0 Å². The summed E-state index contributed by atoms with van der Waals surface area (Å²) in [6, 6.07) is 7.99. The van der Waals surface area contributed by atoms with E-state index in [0.29, 0.717) is 43.7 Å². The third-order valence-electron chi connectivity index (χ3n) is 4.46. The number of halogens is 2. The fourth-order valence-corrected chi connectivity index (χ4v) is 2.73. The van der Waals surface area contributed by atoms with E-state index >= 15 is 0 Å². The first-order valence-electron chi connectivity index (χ1n) is 9.59. The molecule has 0 aliphatic heterocycles. The Morgan fingerprint density at radius 3 is 2.57 bits per heavy atom. The van der Waals surface area contributed by atoms with Crippen LogP contribution in [0.5, 0.6) is 0 Å². The highest BCUT2D eigenvalue weighted by atomic mass is 19.3. The van der Waals surface area contributed by atoms with E-state index in [2.05, 4.69) is 29.3 Å². The molecule has 0 radical (unpaired) electrons. The summed E-state index contributed by atoms with van der Waals surface area (Å²) in [7, 11) is 0. The Morgan fingerprint density at radius 1 is 1.25 bits per heavy atom. The minimum absolute atomic E-state index is 0.172. The van der Waals surface area contributed by atoms with E-state index in [-0.39, 0.29) is 18.9 Å². The van der Waals surface area contributed by atoms with E-state index in [1.54, 1.807) is 4.90 Å². The minimum Gasteiger partial charge on any atom is -0.355 e. The summed E-state index contributed by atoms with van der Waals surface area (Å²) in [5.41, 5.74) is 2.10. The van der Waals surface area contributed by atoms with Crippen LogP contribution in [0.4, 0.5) is 8.78 Å². The number of carbonyl (C=O) groups is 1. The van der Waals surface area contributed by atoms with Crippen molar-refractivity contribution < 1.29 is 18.1 Å². The van der Waals surface area contributed by atoms with Crippen LogP contribution >= 0.6 is 0 Å². The number of aromatic nitrogens is 2. The second kappa shape index (κ2) is 10.8. The topological polar surface area (TPSA) is 71.3 Å². The third-order valence-corrected chi connectivity index (χ3v) is 4.46. The summed E-state index contributed by atoms with van der Waals surface area (Å²) in [5, 5.41) is 6.70. The van der Waals surface area contributed by atoms with E-state index in [1.807, 2.05) is 31.2 Å². The van der Waals surface area contributed by atoms with Gasteiger partial charge in [-0.1, -0.05) is 50.2 Å². The zero-order valence-electron chi connectivity index (χ0n) is 16.6. The standard InChI is InChI=1S/C20H28F2N4O2/c1-4-26(13-17(21)22)12-11-23-18(27)9-10-19-24-20(25-28-19)16-7-5-15(6-8-16)14(2)3/h5-8,14,17H,4,9-13H2,1-3H3,(H,23,27). The zero-order chi connectivity index (χ0) is 20.5. The molecule has 0 atom stereocenters. The van der Waals surface area contributed by atoms with Gasteiger partial charge in [0, 0.05) is 31.5 Å². The Balaban J connectivity index is 1.76. The number of likely N-dealkylation sites (N-methyl/N-ethyl adjacent to an activating group) is 1. The molecule has 1 N–H and O–H groups in total. The van der Waals surface area contributed by atoms with Gasteiger partial charge >= 0.3 is 0 Å². The quantitative estimate of drug-likeness (QED) is 0.632. The van der Waals surface area contributed by atoms with E-state index in [0.717, 1.165) is 5.56 Å². The lowest BCUT2D eigenvalue weighted by Crippen LogP contribution is -2.37. The van der Waals surface area contributed by atoms with Gasteiger partial charge in [0.25, 0.3) is 6.43 Å². The molecule has 154 valence electrons. The van der Waals surface area contributed by atoms with Crippen molar-refractivity contribution in [3.63, 3.8) is 0 Å². The SMILES string of the molecule is CCN(CCNC(=O)CCc1nc(-c2ccc(C(C)C)cc2)no1)CC(F)F. The van der Waals surface area contributed by atoms with Gasteiger partial charge in [0.2, 0.25) is 17.6 Å². The molecule has 0 aliphatic rings. The Morgan fingerprint density at radius 2 is 1.96 bits per heavy atom. The fourth-order valence-electron chi connectivity index (χ4n) is 2.73. The molecule has 2 aromatic rings. The lowest BCUT2D eigenvalue weighted by molar-refractivity contribution is -0.121. The lowest BCUT2D eigenvalue weighted by atomic mass is 10.0. The predicted octanol–water partition coefficient (Wildman–Crippen LogP) is 3.50.